The molecule has 1 aromatic rings. The minimum absolute atomic E-state index is 0.00200. The minimum atomic E-state index is -0.652. The maximum atomic E-state index is 11.9. The Balaban J connectivity index is 2.71. The average molecular weight is 306 g/mol. The summed E-state index contributed by atoms with van der Waals surface area (Å²) >= 11 is 0. The van der Waals surface area contributed by atoms with Crippen LogP contribution in [0.4, 0.5) is 0 Å². The molecule has 0 aromatic heterocycles. The molecule has 0 radical (unpaired) electrons. The van der Waals surface area contributed by atoms with Crippen LogP contribution in [0.2, 0.25) is 0 Å². The van der Waals surface area contributed by atoms with E-state index in [0.717, 1.165) is 0 Å². The second-order valence-electron chi connectivity index (χ2n) is 4.05. The fraction of sp³-hybridized carbons (Fsp3) is 0.250. The van der Waals surface area contributed by atoms with Crippen molar-refractivity contribution < 1.29 is 29.3 Å². The number of esters is 2. The zero-order chi connectivity index (χ0) is 16.2. The van der Waals surface area contributed by atoms with Gasteiger partial charge in [0.15, 0.2) is 0 Å². The zero-order valence-corrected chi connectivity index (χ0v) is 12.0. The first-order valence-electron chi connectivity index (χ1n) is 6.65. The quantitative estimate of drug-likeness (QED) is 0.552. The van der Waals surface area contributed by atoms with E-state index in [9.17, 15) is 9.59 Å². The molecule has 6 heteroatoms. The predicted octanol–water partition coefficient (Wildman–Crippen LogP) is 1.10. The molecule has 118 valence electrons. The molecule has 1 rings (SSSR count). The fourth-order valence-electron chi connectivity index (χ4n) is 1.53. The van der Waals surface area contributed by atoms with Crippen LogP contribution in [-0.4, -0.2) is 48.6 Å². The third-order valence-corrected chi connectivity index (χ3v) is 2.53. The number of ether oxygens (including phenoxy) is 2. The lowest BCUT2D eigenvalue weighted by Gasteiger charge is -2.08. The Labute approximate surface area is 128 Å². The first kappa shape index (κ1) is 17.6. The van der Waals surface area contributed by atoms with Crippen molar-refractivity contribution in [1.82, 2.24) is 0 Å². The van der Waals surface area contributed by atoms with Crippen LogP contribution < -0.4 is 0 Å². The number of aliphatic hydroxyl groups excluding tert-OH is 2. The summed E-state index contributed by atoms with van der Waals surface area (Å²) in [7, 11) is 0. The monoisotopic (exact) mass is 306 g/mol. The van der Waals surface area contributed by atoms with Crippen LogP contribution >= 0.6 is 0 Å². The molecular formula is C16H18O6. The summed E-state index contributed by atoms with van der Waals surface area (Å²) in [5, 5.41) is 17.2. The molecule has 2 N–H and O–H groups in total. The molecule has 0 aliphatic heterocycles. The van der Waals surface area contributed by atoms with Crippen molar-refractivity contribution in [2.24, 2.45) is 0 Å². The van der Waals surface area contributed by atoms with Gasteiger partial charge in [0.1, 0.15) is 13.2 Å². The molecule has 0 spiro atoms. The van der Waals surface area contributed by atoms with Crippen molar-refractivity contribution in [3.05, 3.63) is 59.7 Å². The molecule has 6 nitrogen and oxygen atoms in total. The Morgan fingerprint density at radius 1 is 0.818 bits per heavy atom. The zero-order valence-electron chi connectivity index (χ0n) is 12.0. The van der Waals surface area contributed by atoms with Crippen LogP contribution in [0.25, 0.3) is 0 Å². The standard InChI is InChI=1S/C16H18O6/c17-9-3-5-11-21-15(19)13-7-1-2-8-14(13)16(20)22-12-6-4-10-18/h1-8,17-18H,9-12H2. The highest BCUT2D eigenvalue weighted by Gasteiger charge is 2.18. The van der Waals surface area contributed by atoms with E-state index in [-0.39, 0.29) is 37.6 Å². The van der Waals surface area contributed by atoms with E-state index in [1.807, 2.05) is 0 Å². The van der Waals surface area contributed by atoms with Crippen LogP contribution in [0.5, 0.6) is 0 Å². The lowest BCUT2D eigenvalue weighted by molar-refractivity contribution is 0.0502. The van der Waals surface area contributed by atoms with Crippen molar-refractivity contribution >= 4 is 11.9 Å². The maximum Gasteiger partial charge on any atom is 0.339 e. The summed E-state index contributed by atoms with van der Waals surface area (Å²) in [5.41, 5.74) is 0.215. The van der Waals surface area contributed by atoms with Crippen LogP contribution in [0, 0.1) is 0 Å². The molecule has 0 amide bonds. The number of rotatable bonds is 8. The third kappa shape index (κ3) is 5.90. The van der Waals surface area contributed by atoms with Gasteiger partial charge in [-0.15, -0.1) is 0 Å². The van der Waals surface area contributed by atoms with Crippen LogP contribution in [0.3, 0.4) is 0 Å². The Morgan fingerprint density at radius 3 is 1.59 bits per heavy atom. The first-order valence-corrected chi connectivity index (χ1v) is 6.65. The second-order valence-corrected chi connectivity index (χ2v) is 4.05. The molecule has 0 saturated carbocycles. The van der Waals surface area contributed by atoms with Gasteiger partial charge >= 0.3 is 11.9 Å². The van der Waals surface area contributed by atoms with Crippen molar-refractivity contribution in [2.45, 2.75) is 0 Å². The van der Waals surface area contributed by atoms with Crippen LogP contribution in [0.1, 0.15) is 20.7 Å². The highest BCUT2D eigenvalue weighted by molar-refractivity contribution is 6.03. The highest BCUT2D eigenvalue weighted by Crippen LogP contribution is 2.12. The van der Waals surface area contributed by atoms with Crippen LogP contribution in [-0.2, 0) is 9.47 Å². The highest BCUT2D eigenvalue weighted by atomic mass is 16.5. The minimum Gasteiger partial charge on any atom is -0.458 e. The van der Waals surface area contributed by atoms with Gasteiger partial charge in [-0.3, -0.25) is 0 Å². The van der Waals surface area contributed by atoms with Gasteiger partial charge in [0.05, 0.1) is 24.3 Å². The van der Waals surface area contributed by atoms with E-state index < -0.39 is 11.9 Å². The number of hydrogen-bond acceptors (Lipinski definition) is 6. The Kier molecular flexibility index (Phi) is 8.25. The maximum absolute atomic E-state index is 11.9. The van der Waals surface area contributed by atoms with E-state index in [0.29, 0.717) is 0 Å². The van der Waals surface area contributed by atoms with E-state index in [1.54, 1.807) is 12.1 Å². The van der Waals surface area contributed by atoms with Gasteiger partial charge in [-0.1, -0.05) is 24.3 Å². The van der Waals surface area contributed by atoms with Gasteiger partial charge < -0.3 is 19.7 Å². The van der Waals surface area contributed by atoms with E-state index in [1.165, 1.54) is 36.4 Å². The molecule has 0 unspecified atom stereocenters. The molecule has 0 heterocycles. The predicted molar refractivity (Wildman–Crippen MR) is 79.5 cm³/mol. The number of carbonyl (C=O) groups is 2. The van der Waals surface area contributed by atoms with Gasteiger partial charge in [-0.25, -0.2) is 9.59 Å². The molecule has 0 aliphatic rings. The number of hydrogen-bond donors (Lipinski definition) is 2. The molecule has 0 aliphatic carbocycles. The molecular weight excluding hydrogens is 288 g/mol. The topological polar surface area (TPSA) is 93.1 Å². The van der Waals surface area contributed by atoms with Crippen molar-refractivity contribution in [3.63, 3.8) is 0 Å². The van der Waals surface area contributed by atoms with E-state index in [4.69, 9.17) is 19.7 Å². The van der Waals surface area contributed by atoms with Gasteiger partial charge in [0.25, 0.3) is 0 Å². The van der Waals surface area contributed by atoms with Crippen molar-refractivity contribution in [2.75, 3.05) is 26.4 Å². The number of aliphatic hydroxyl groups is 2. The van der Waals surface area contributed by atoms with Crippen molar-refractivity contribution in [1.29, 1.82) is 0 Å². The average Bonchev–Trinajstić information content (AvgIpc) is 2.55. The molecule has 0 fully saturated rings. The summed E-state index contributed by atoms with van der Waals surface area (Å²) < 4.78 is 9.94. The lowest BCUT2D eigenvalue weighted by Crippen LogP contribution is -2.14. The number of benzene rings is 1. The summed E-state index contributed by atoms with van der Waals surface area (Å²) in [6, 6.07) is 6.17. The largest absolute Gasteiger partial charge is 0.458 e. The third-order valence-electron chi connectivity index (χ3n) is 2.53. The second kappa shape index (κ2) is 10.3. The lowest BCUT2D eigenvalue weighted by atomic mass is 10.1. The Hall–Kier alpha value is -2.44. The van der Waals surface area contributed by atoms with Gasteiger partial charge in [0.2, 0.25) is 0 Å². The summed E-state index contributed by atoms with van der Waals surface area (Å²) in [5.74, 6) is -1.30. The summed E-state index contributed by atoms with van der Waals surface area (Å²) in [4.78, 5) is 23.9. The van der Waals surface area contributed by atoms with Gasteiger partial charge in [-0.2, -0.15) is 0 Å². The fourth-order valence-corrected chi connectivity index (χ4v) is 1.53. The van der Waals surface area contributed by atoms with Crippen LogP contribution in [0.15, 0.2) is 48.6 Å². The van der Waals surface area contributed by atoms with E-state index >= 15 is 0 Å². The number of carbonyl (C=O) groups excluding carboxylic acids is 2. The summed E-state index contributed by atoms with van der Waals surface area (Å²) in [6.07, 6.45) is 5.89. The molecule has 0 bridgehead atoms. The normalized spacial score (nSPS) is 11.0. The SMILES string of the molecule is O=C(OCC=CCO)c1ccccc1C(=O)OCC=CCO. The molecule has 1 aromatic carbocycles. The molecule has 0 atom stereocenters. The van der Waals surface area contributed by atoms with Crippen molar-refractivity contribution in [3.8, 4) is 0 Å². The Morgan fingerprint density at radius 2 is 1.23 bits per heavy atom. The molecule has 22 heavy (non-hydrogen) atoms. The van der Waals surface area contributed by atoms with Gasteiger partial charge in [0, 0.05) is 0 Å². The van der Waals surface area contributed by atoms with Gasteiger partial charge in [-0.05, 0) is 24.3 Å². The first-order chi connectivity index (χ1) is 10.7. The smallest absolute Gasteiger partial charge is 0.339 e. The Bertz CT molecular complexity index is 498. The van der Waals surface area contributed by atoms with E-state index in [2.05, 4.69) is 0 Å². The molecule has 0 saturated heterocycles. The summed E-state index contributed by atoms with van der Waals surface area (Å²) in [6.45, 7) is -0.270.